The molecule has 0 saturated carbocycles. The fourth-order valence-electron chi connectivity index (χ4n) is 2.47. The highest BCUT2D eigenvalue weighted by Gasteiger charge is 2.49. The molecule has 91 valence electrons. The molecule has 0 bridgehead atoms. The molecule has 3 atom stereocenters. The van der Waals surface area contributed by atoms with E-state index in [-0.39, 0.29) is 5.54 Å². The molecule has 2 aliphatic heterocycles. The van der Waals surface area contributed by atoms with Crippen molar-refractivity contribution < 1.29 is 4.74 Å². The molecule has 1 aromatic rings. The first kappa shape index (κ1) is 11.5. The van der Waals surface area contributed by atoms with Crippen LogP contribution in [0.5, 0.6) is 0 Å². The van der Waals surface area contributed by atoms with Gasteiger partial charge in [0.1, 0.15) is 16.7 Å². The SMILES string of the molecule is CC1CC2CSC(N)=NC2(c2n[c]cs2)CO1. The molecule has 0 spiro atoms. The molecule has 6 heteroatoms. The van der Waals surface area contributed by atoms with Crippen molar-refractivity contribution in [2.45, 2.75) is 25.0 Å². The van der Waals surface area contributed by atoms with Crippen LogP contribution in [-0.4, -0.2) is 28.6 Å². The van der Waals surface area contributed by atoms with Crippen molar-refractivity contribution in [1.29, 1.82) is 0 Å². The van der Waals surface area contributed by atoms with Crippen LogP contribution in [0.15, 0.2) is 10.4 Å². The van der Waals surface area contributed by atoms with Crippen LogP contribution in [-0.2, 0) is 10.3 Å². The molecule has 0 aliphatic carbocycles. The molecule has 1 aromatic heterocycles. The van der Waals surface area contributed by atoms with Gasteiger partial charge in [-0.15, -0.1) is 11.3 Å². The minimum absolute atomic E-state index is 0.298. The molecule has 4 nitrogen and oxygen atoms in total. The number of thiazole rings is 1. The lowest BCUT2D eigenvalue weighted by Crippen LogP contribution is -2.49. The second kappa shape index (κ2) is 4.26. The minimum atomic E-state index is -0.355. The monoisotopic (exact) mass is 268 g/mol. The van der Waals surface area contributed by atoms with Crippen LogP contribution in [0.2, 0.25) is 0 Å². The summed E-state index contributed by atoms with van der Waals surface area (Å²) in [6.07, 6.45) is 4.19. The maximum Gasteiger partial charge on any atom is 0.154 e. The Labute approximate surface area is 109 Å². The molecule has 0 aromatic carbocycles. The third-order valence-corrected chi connectivity index (χ3v) is 5.23. The van der Waals surface area contributed by atoms with E-state index in [9.17, 15) is 0 Å². The summed E-state index contributed by atoms with van der Waals surface area (Å²) in [6, 6.07) is 0. The van der Waals surface area contributed by atoms with E-state index in [1.165, 1.54) is 0 Å². The van der Waals surface area contributed by atoms with Crippen LogP contribution in [0.25, 0.3) is 0 Å². The summed E-state index contributed by atoms with van der Waals surface area (Å²) in [5.74, 6) is 1.46. The number of ether oxygens (including phenoxy) is 1. The van der Waals surface area contributed by atoms with E-state index in [0.717, 1.165) is 17.2 Å². The van der Waals surface area contributed by atoms with Gasteiger partial charge in [0, 0.05) is 17.1 Å². The highest BCUT2D eigenvalue weighted by atomic mass is 32.2. The maximum absolute atomic E-state index is 5.89. The summed E-state index contributed by atoms with van der Waals surface area (Å²) in [4.78, 5) is 8.99. The Bertz CT molecular complexity index is 434. The van der Waals surface area contributed by atoms with Crippen molar-refractivity contribution in [3.05, 3.63) is 16.6 Å². The largest absolute Gasteiger partial charge is 0.379 e. The lowest BCUT2D eigenvalue weighted by Gasteiger charge is -2.44. The molecule has 1 saturated heterocycles. The standard InChI is InChI=1S/C11H14N3OS2/c1-7-4-8-5-17-10(12)14-11(8,6-15-7)9-13-2-3-16-9/h3,7-8H,4-6H2,1H3,(H2,12,14). The van der Waals surface area contributed by atoms with Gasteiger partial charge in [0.2, 0.25) is 0 Å². The van der Waals surface area contributed by atoms with E-state index in [0.29, 0.717) is 23.8 Å². The number of aromatic nitrogens is 1. The molecule has 3 heterocycles. The third-order valence-electron chi connectivity index (χ3n) is 3.38. The first-order valence-electron chi connectivity index (χ1n) is 5.62. The Morgan fingerprint density at radius 3 is 3.29 bits per heavy atom. The molecule has 0 amide bonds. The third kappa shape index (κ3) is 1.88. The van der Waals surface area contributed by atoms with E-state index in [1.807, 2.05) is 5.38 Å². The second-order valence-corrected chi connectivity index (χ2v) is 6.42. The van der Waals surface area contributed by atoms with Gasteiger partial charge in [-0.25, -0.2) is 9.98 Å². The van der Waals surface area contributed by atoms with Crippen LogP contribution in [0, 0.1) is 12.1 Å². The lowest BCUT2D eigenvalue weighted by molar-refractivity contribution is -0.0466. The number of rotatable bonds is 1. The number of amidine groups is 1. The van der Waals surface area contributed by atoms with E-state index in [2.05, 4.69) is 23.1 Å². The predicted octanol–water partition coefficient (Wildman–Crippen LogP) is 1.63. The first-order chi connectivity index (χ1) is 8.21. The summed E-state index contributed by atoms with van der Waals surface area (Å²) in [5.41, 5.74) is 5.54. The molecule has 1 fully saturated rings. The zero-order chi connectivity index (χ0) is 11.9. The van der Waals surface area contributed by atoms with Gasteiger partial charge < -0.3 is 10.5 Å². The number of thioether (sulfide) groups is 1. The van der Waals surface area contributed by atoms with E-state index in [1.54, 1.807) is 23.1 Å². The molecule has 3 rings (SSSR count). The van der Waals surface area contributed by atoms with Gasteiger partial charge in [-0.3, -0.25) is 0 Å². The predicted molar refractivity (Wildman–Crippen MR) is 70.2 cm³/mol. The zero-order valence-corrected chi connectivity index (χ0v) is 11.2. The molecular formula is C11H14N3OS2. The topological polar surface area (TPSA) is 60.5 Å². The number of fused-ring (bicyclic) bond motifs is 1. The van der Waals surface area contributed by atoms with Gasteiger partial charge in [0.15, 0.2) is 5.17 Å². The van der Waals surface area contributed by atoms with Crippen molar-refractivity contribution in [3.63, 3.8) is 0 Å². The summed E-state index contributed by atoms with van der Waals surface area (Å²) in [5, 5.41) is 3.50. The minimum Gasteiger partial charge on any atom is -0.379 e. The Morgan fingerprint density at radius 2 is 2.53 bits per heavy atom. The molecule has 2 N–H and O–H groups in total. The van der Waals surface area contributed by atoms with Gasteiger partial charge in [-0.2, -0.15) is 0 Å². The van der Waals surface area contributed by atoms with Crippen molar-refractivity contribution in [2.24, 2.45) is 16.6 Å². The van der Waals surface area contributed by atoms with Crippen molar-refractivity contribution in [1.82, 2.24) is 4.98 Å². The zero-order valence-electron chi connectivity index (χ0n) is 9.55. The molecule has 17 heavy (non-hydrogen) atoms. The fourth-order valence-corrected chi connectivity index (χ4v) is 4.28. The Morgan fingerprint density at radius 1 is 1.65 bits per heavy atom. The number of hydrogen-bond acceptors (Lipinski definition) is 6. The van der Waals surface area contributed by atoms with Crippen molar-refractivity contribution in [3.8, 4) is 0 Å². The smallest absolute Gasteiger partial charge is 0.154 e. The van der Waals surface area contributed by atoms with Gasteiger partial charge in [-0.05, 0) is 13.3 Å². The van der Waals surface area contributed by atoms with Crippen molar-refractivity contribution in [2.75, 3.05) is 12.4 Å². The average Bonchev–Trinajstić information content (AvgIpc) is 2.83. The van der Waals surface area contributed by atoms with Crippen LogP contribution in [0.1, 0.15) is 18.4 Å². The highest BCUT2D eigenvalue weighted by molar-refractivity contribution is 8.13. The van der Waals surface area contributed by atoms with Crippen LogP contribution in [0.3, 0.4) is 0 Å². The number of aliphatic imine (C=N–C) groups is 1. The number of nitrogens with two attached hydrogens (primary N) is 1. The van der Waals surface area contributed by atoms with E-state index < -0.39 is 0 Å². The quantitative estimate of drug-likeness (QED) is 0.841. The fraction of sp³-hybridized carbons (Fsp3) is 0.636. The normalized spacial score (nSPS) is 37.4. The molecule has 1 radical (unpaired) electrons. The summed E-state index contributed by atoms with van der Waals surface area (Å²) in [7, 11) is 0. The Hall–Kier alpha value is -0.590. The van der Waals surface area contributed by atoms with E-state index in [4.69, 9.17) is 10.5 Å². The summed E-state index contributed by atoms with van der Waals surface area (Å²) >= 11 is 3.23. The van der Waals surface area contributed by atoms with Crippen LogP contribution < -0.4 is 5.73 Å². The van der Waals surface area contributed by atoms with Gasteiger partial charge in [0.05, 0.1) is 12.7 Å². The average molecular weight is 268 g/mol. The summed E-state index contributed by atoms with van der Waals surface area (Å²) in [6.45, 7) is 2.70. The van der Waals surface area contributed by atoms with E-state index >= 15 is 0 Å². The first-order valence-corrected chi connectivity index (χ1v) is 7.49. The number of nitrogens with zero attached hydrogens (tertiary/aromatic N) is 2. The maximum atomic E-state index is 5.89. The Balaban J connectivity index is 2.04. The van der Waals surface area contributed by atoms with Crippen molar-refractivity contribution >= 4 is 28.3 Å². The highest BCUT2D eigenvalue weighted by Crippen LogP contribution is 2.46. The van der Waals surface area contributed by atoms with Crippen LogP contribution in [0.4, 0.5) is 0 Å². The van der Waals surface area contributed by atoms with Crippen LogP contribution >= 0.6 is 23.1 Å². The van der Waals surface area contributed by atoms with Gasteiger partial charge in [0.25, 0.3) is 0 Å². The molecule has 2 aliphatic rings. The number of hydrogen-bond donors (Lipinski definition) is 1. The Kier molecular flexibility index (Phi) is 2.88. The van der Waals surface area contributed by atoms with Gasteiger partial charge >= 0.3 is 0 Å². The van der Waals surface area contributed by atoms with Gasteiger partial charge in [-0.1, -0.05) is 11.8 Å². The molecular weight excluding hydrogens is 254 g/mol. The second-order valence-electron chi connectivity index (χ2n) is 4.52. The summed E-state index contributed by atoms with van der Waals surface area (Å²) < 4.78 is 5.80. The molecule has 3 unspecified atom stereocenters. The lowest BCUT2D eigenvalue weighted by atomic mass is 9.80.